The topological polar surface area (TPSA) is 63.1 Å². The first-order valence-corrected chi connectivity index (χ1v) is 10.7. The minimum atomic E-state index is -0.00989. The second-order valence-corrected chi connectivity index (χ2v) is 8.11. The minimum Gasteiger partial charge on any atom is -0.348 e. The molecule has 2 heterocycles. The van der Waals surface area contributed by atoms with Gasteiger partial charge in [0.05, 0.1) is 12.1 Å². The van der Waals surface area contributed by atoms with Gasteiger partial charge in [-0.05, 0) is 41.8 Å². The maximum atomic E-state index is 12.7. The first-order chi connectivity index (χ1) is 15.2. The summed E-state index contributed by atoms with van der Waals surface area (Å²) in [4.78, 5) is 15.1. The van der Waals surface area contributed by atoms with Crippen LogP contribution in [-0.2, 0) is 13.1 Å². The molecule has 31 heavy (non-hydrogen) atoms. The second-order valence-electron chi connectivity index (χ2n) is 8.11. The van der Waals surface area contributed by atoms with E-state index < -0.39 is 0 Å². The number of hydrogen-bond acceptors (Lipinski definition) is 4. The van der Waals surface area contributed by atoms with E-state index in [1.165, 1.54) is 5.56 Å². The first kappa shape index (κ1) is 19.5. The Kier molecular flexibility index (Phi) is 5.46. The molecule has 0 bridgehead atoms. The van der Waals surface area contributed by atoms with Gasteiger partial charge in [-0.15, -0.1) is 5.10 Å². The van der Waals surface area contributed by atoms with E-state index in [4.69, 9.17) is 0 Å². The Labute approximate surface area is 181 Å². The monoisotopic (exact) mass is 411 g/mol. The number of aromatic nitrogens is 3. The number of carbonyl (C=O) groups excluding carboxylic acids is 1. The van der Waals surface area contributed by atoms with Crippen molar-refractivity contribution in [3.05, 3.63) is 95.6 Å². The molecule has 1 N–H and O–H groups in total. The third-order valence-corrected chi connectivity index (χ3v) is 5.83. The van der Waals surface area contributed by atoms with Gasteiger partial charge in [-0.25, -0.2) is 4.68 Å². The number of para-hydroxylation sites is 1. The number of carbonyl (C=O) groups is 1. The number of fused-ring (bicyclic) bond motifs is 1. The second kappa shape index (κ2) is 8.70. The molecular weight excluding hydrogens is 386 g/mol. The van der Waals surface area contributed by atoms with Gasteiger partial charge in [-0.1, -0.05) is 59.8 Å². The molecule has 4 aromatic rings. The molecule has 6 nitrogen and oxygen atoms in total. The summed E-state index contributed by atoms with van der Waals surface area (Å²) in [5.74, 6) is -0.00989. The largest absolute Gasteiger partial charge is 0.348 e. The summed E-state index contributed by atoms with van der Waals surface area (Å²) in [5.41, 5.74) is 4.98. The number of amides is 1. The van der Waals surface area contributed by atoms with Crippen molar-refractivity contribution in [2.24, 2.45) is 0 Å². The highest BCUT2D eigenvalue weighted by molar-refractivity contribution is 5.94. The average molecular weight is 412 g/mol. The van der Waals surface area contributed by atoms with Gasteiger partial charge in [0, 0.05) is 31.2 Å². The zero-order chi connectivity index (χ0) is 21.0. The van der Waals surface area contributed by atoms with Crippen LogP contribution >= 0.6 is 0 Å². The number of nitrogens with zero attached hydrogens (tertiary/aromatic N) is 4. The number of benzene rings is 3. The fraction of sp³-hybridized carbons (Fsp3) is 0.240. The predicted molar refractivity (Wildman–Crippen MR) is 121 cm³/mol. The van der Waals surface area contributed by atoms with Crippen LogP contribution in [0.15, 0.2) is 78.9 Å². The quantitative estimate of drug-likeness (QED) is 0.528. The van der Waals surface area contributed by atoms with Crippen molar-refractivity contribution in [2.45, 2.75) is 25.6 Å². The molecule has 3 aromatic carbocycles. The summed E-state index contributed by atoms with van der Waals surface area (Å²) < 4.78 is 1.88. The molecule has 1 fully saturated rings. The van der Waals surface area contributed by atoms with Gasteiger partial charge in [-0.2, -0.15) is 0 Å². The molecule has 1 aliphatic rings. The van der Waals surface area contributed by atoms with E-state index in [1.54, 1.807) is 0 Å². The number of nitrogens with one attached hydrogen (secondary N) is 1. The Hall–Kier alpha value is -3.51. The van der Waals surface area contributed by atoms with Gasteiger partial charge >= 0.3 is 0 Å². The molecule has 6 heteroatoms. The summed E-state index contributed by atoms with van der Waals surface area (Å²) in [6, 6.07) is 26.3. The standard InChI is InChI=1S/C25H25N5O/c31-25(26-22-14-15-29(18-22)16-19-6-2-1-3-7-19)21-12-10-20(11-13-21)17-30-24-9-5-4-8-23(24)27-28-30/h1-13,22H,14-18H2,(H,26,31). The maximum Gasteiger partial charge on any atom is 0.251 e. The molecule has 0 spiro atoms. The Morgan fingerprint density at radius 2 is 1.65 bits per heavy atom. The number of hydrogen-bond donors (Lipinski definition) is 1. The minimum absolute atomic E-state index is 0.00989. The molecule has 0 aliphatic carbocycles. The maximum absolute atomic E-state index is 12.7. The van der Waals surface area contributed by atoms with E-state index in [2.05, 4.69) is 44.8 Å². The molecule has 0 radical (unpaired) electrons. The normalized spacial score (nSPS) is 16.6. The van der Waals surface area contributed by atoms with Crippen molar-refractivity contribution >= 4 is 16.9 Å². The van der Waals surface area contributed by atoms with Crippen LogP contribution in [0.1, 0.15) is 27.9 Å². The summed E-state index contributed by atoms with van der Waals surface area (Å²) >= 11 is 0. The Balaban J connectivity index is 1.17. The molecule has 1 unspecified atom stereocenters. The van der Waals surface area contributed by atoms with E-state index in [9.17, 15) is 4.79 Å². The fourth-order valence-corrected chi connectivity index (χ4v) is 4.17. The van der Waals surface area contributed by atoms with E-state index >= 15 is 0 Å². The molecule has 156 valence electrons. The number of rotatable bonds is 6. The highest BCUT2D eigenvalue weighted by Gasteiger charge is 2.24. The van der Waals surface area contributed by atoms with Crippen LogP contribution in [0.2, 0.25) is 0 Å². The van der Waals surface area contributed by atoms with E-state index in [0.29, 0.717) is 12.1 Å². The van der Waals surface area contributed by atoms with Gasteiger partial charge in [-0.3, -0.25) is 9.69 Å². The molecule has 1 aliphatic heterocycles. The lowest BCUT2D eigenvalue weighted by Crippen LogP contribution is -2.37. The van der Waals surface area contributed by atoms with Crippen LogP contribution in [0.4, 0.5) is 0 Å². The molecule has 1 amide bonds. The molecule has 5 rings (SSSR count). The SMILES string of the molecule is O=C(NC1CCN(Cc2ccccc2)C1)c1ccc(Cn2nnc3ccccc32)cc1. The highest BCUT2D eigenvalue weighted by atomic mass is 16.1. The van der Waals surface area contributed by atoms with Gasteiger partial charge in [0.1, 0.15) is 5.52 Å². The molecular formula is C25H25N5O. The van der Waals surface area contributed by atoms with Crippen molar-refractivity contribution in [1.29, 1.82) is 0 Å². The third-order valence-electron chi connectivity index (χ3n) is 5.83. The summed E-state index contributed by atoms with van der Waals surface area (Å²) in [5, 5.41) is 11.6. The summed E-state index contributed by atoms with van der Waals surface area (Å²) in [6.45, 7) is 3.45. The average Bonchev–Trinajstić information content (AvgIpc) is 3.42. The van der Waals surface area contributed by atoms with Gasteiger partial charge in [0.15, 0.2) is 0 Å². The Morgan fingerprint density at radius 3 is 2.48 bits per heavy atom. The zero-order valence-electron chi connectivity index (χ0n) is 17.3. The van der Waals surface area contributed by atoms with Crippen molar-refractivity contribution in [3.63, 3.8) is 0 Å². The van der Waals surface area contributed by atoms with E-state index in [0.717, 1.165) is 42.7 Å². The first-order valence-electron chi connectivity index (χ1n) is 10.7. The number of likely N-dealkylation sites (tertiary alicyclic amines) is 1. The third kappa shape index (κ3) is 4.49. The smallest absolute Gasteiger partial charge is 0.251 e. The molecule has 1 saturated heterocycles. The van der Waals surface area contributed by atoms with E-state index in [1.807, 2.05) is 59.3 Å². The summed E-state index contributed by atoms with van der Waals surface area (Å²) in [7, 11) is 0. The van der Waals surface area contributed by atoms with Crippen LogP contribution < -0.4 is 5.32 Å². The van der Waals surface area contributed by atoms with E-state index in [-0.39, 0.29) is 11.9 Å². The van der Waals surface area contributed by atoms with Gasteiger partial charge in [0.25, 0.3) is 5.91 Å². The lowest BCUT2D eigenvalue weighted by atomic mass is 10.1. The van der Waals surface area contributed by atoms with Gasteiger partial charge < -0.3 is 5.32 Å². The zero-order valence-corrected chi connectivity index (χ0v) is 17.3. The Bertz CT molecular complexity index is 1170. The lowest BCUT2D eigenvalue weighted by Gasteiger charge is -2.17. The lowest BCUT2D eigenvalue weighted by molar-refractivity contribution is 0.0937. The van der Waals surface area contributed by atoms with Crippen molar-refractivity contribution < 1.29 is 4.79 Å². The van der Waals surface area contributed by atoms with Crippen molar-refractivity contribution in [1.82, 2.24) is 25.2 Å². The van der Waals surface area contributed by atoms with Crippen LogP contribution in [0, 0.1) is 0 Å². The van der Waals surface area contributed by atoms with Gasteiger partial charge in [0.2, 0.25) is 0 Å². The fourth-order valence-electron chi connectivity index (χ4n) is 4.17. The Morgan fingerprint density at radius 1 is 0.903 bits per heavy atom. The highest BCUT2D eigenvalue weighted by Crippen LogP contribution is 2.15. The molecule has 0 saturated carbocycles. The van der Waals surface area contributed by atoms with Crippen molar-refractivity contribution in [3.8, 4) is 0 Å². The van der Waals surface area contributed by atoms with Crippen LogP contribution in [-0.4, -0.2) is 44.9 Å². The van der Waals surface area contributed by atoms with Crippen LogP contribution in [0.5, 0.6) is 0 Å². The van der Waals surface area contributed by atoms with Crippen LogP contribution in [0.25, 0.3) is 11.0 Å². The van der Waals surface area contributed by atoms with Crippen molar-refractivity contribution in [2.75, 3.05) is 13.1 Å². The molecule has 1 atom stereocenters. The predicted octanol–water partition coefficient (Wildman–Crippen LogP) is 3.48. The molecule has 1 aromatic heterocycles. The van der Waals surface area contributed by atoms with Crippen LogP contribution in [0.3, 0.4) is 0 Å². The summed E-state index contributed by atoms with van der Waals surface area (Å²) in [6.07, 6.45) is 0.982.